The molecule has 2 atom stereocenters. The van der Waals surface area contributed by atoms with Crippen molar-refractivity contribution in [3.63, 3.8) is 0 Å². The third-order valence-corrected chi connectivity index (χ3v) is 2.89. The molecule has 80 valence electrons. The van der Waals surface area contributed by atoms with Crippen molar-refractivity contribution in [3.05, 3.63) is 0 Å². The summed E-state index contributed by atoms with van der Waals surface area (Å²) in [5.41, 5.74) is 0. The van der Waals surface area contributed by atoms with E-state index in [1.165, 1.54) is 12.8 Å². The van der Waals surface area contributed by atoms with E-state index in [4.69, 9.17) is 4.74 Å². The van der Waals surface area contributed by atoms with Gasteiger partial charge in [0.2, 0.25) is 5.91 Å². The van der Waals surface area contributed by atoms with Crippen LogP contribution in [0.3, 0.4) is 0 Å². The molecule has 2 fully saturated rings. The number of nitrogens with one attached hydrogen (secondary N) is 2. The second-order valence-corrected chi connectivity index (χ2v) is 4.10. The quantitative estimate of drug-likeness (QED) is 0.673. The van der Waals surface area contributed by atoms with E-state index in [9.17, 15) is 4.79 Å². The third kappa shape index (κ3) is 2.69. The Balaban J connectivity index is 1.63. The highest BCUT2D eigenvalue weighted by Gasteiger charge is 2.22. The van der Waals surface area contributed by atoms with Crippen LogP contribution in [0.25, 0.3) is 0 Å². The Morgan fingerprint density at radius 1 is 1.50 bits per heavy atom. The molecule has 4 nitrogen and oxygen atoms in total. The molecular formula is C10H18N2O2. The predicted molar refractivity (Wildman–Crippen MR) is 53.0 cm³/mol. The summed E-state index contributed by atoms with van der Waals surface area (Å²) in [4.78, 5) is 10.9. The van der Waals surface area contributed by atoms with Crippen LogP contribution >= 0.6 is 0 Å². The molecule has 2 rings (SSSR count). The van der Waals surface area contributed by atoms with Gasteiger partial charge in [0.25, 0.3) is 0 Å². The smallest absolute Gasteiger partial charge is 0.221 e. The fourth-order valence-electron chi connectivity index (χ4n) is 2.02. The summed E-state index contributed by atoms with van der Waals surface area (Å²) in [5, 5.41) is 6.19. The van der Waals surface area contributed by atoms with Crippen LogP contribution in [0.15, 0.2) is 0 Å². The number of carbonyl (C=O) groups excluding carboxylic acids is 1. The molecule has 0 aromatic heterocycles. The van der Waals surface area contributed by atoms with Gasteiger partial charge in [-0.05, 0) is 19.3 Å². The monoisotopic (exact) mass is 198 g/mol. The van der Waals surface area contributed by atoms with Crippen molar-refractivity contribution in [1.82, 2.24) is 10.6 Å². The molecule has 1 amide bonds. The lowest BCUT2D eigenvalue weighted by Gasteiger charge is -2.24. The molecule has 0 aromatic carbocycles. The van der Waals surface area contributed by atoms with E-state index in [1.54, 1.807) is 0 Å². The highest BCUT2D eigenvalue weighted by molar-refractivity contribution is 5.78. The summed E-state index contributed by atoms with van der Waals surface area (Å²) < 4.78 is 5.60. The first-order valence-electron chi connectivity index (χ1n) is 5.46. The van der Waals surface area contributed by atoms with Gasteiger partial charge >= 0.3 is 0 Å². The molecule has 4 heteroatoms. The first-order valence-corrected chi connectivity index (χ1v) is 5.46. The number of rotatable bonds is 3. The summed E-state index contributed by atoms with van der Waals surface area (Å²) in [6.07, 6.45) is 4.60. The van der Waals surface area contributed by atoms with Crippen LogP contribution in [0.2, 0.25) is 0 Å². The zero-order valence-electron chi connectivity index (χ0n) is 8.42. The molecule has 0 saturated carbocycles. The maximum absolute atomic E-state index is 10.9. The molecule has 2 saturated heterocycles. The summed E-state index contributed by atoms with van der Waals surface area (Å²) in [7, 11) is 0. The van der Waals surface area contributed by atoms with E-state index < -0.39 is 0 Å². The number of hydrogen-bond donors (Lipinski definition) is 2. The molecule has 14 heavy (non-hydrogen) atoms. The van der Waals surface area contributed by atoms with E-state index in [0.717, 1.165) is 26.1 Å². The van der Waals surface area contributed by atoms with Gasteiger partial charge in [-0.1, -0.05) is 0 Å². The van der Waals surface area contributed by atoms with Crippen molar-refractivity contribution < 1.29 is 9.53 Å². The zero-order chi connectivity index (χ0) is 9.80. The molecule has 0 aromatic rings. The molecule has 0 bridgehead atoms. The van der Waals surface area contributed by atoms with Crippen LogP contribution in [0.1, 0.15) is 25.7 Å². The van der Waals surface area contributed by atoms with Crippen molar-refractivity contribution in [2.45, 2.75) is 37.8 Å². The van der Waals surface area contributed by atoms with Gasteiger partial charge < -0.3 is 15.4 Å². The second-order valence-electron chi connectivity index (χ2n) is 4.10. The molecule has 0 aliphatic carbocycles. The highest BCUT2D eigenvalue weighted by Crippen LogP contribution is 2.12. The zero-order valence-corrected chi connectivity index (χ0v) is 8.42. The SMILES string of the molecule is O=C1CC(NCC2CCCCO2)CN1. The van der Waals surface area contributed by atoms with Gasteiger partial charge in [-0.3, -0.25) is 4.79 Å². The summed E-state index contributed by atoms with van der Waals surface area (Å²) in [5.74, 6) is 0.159. The summed E-state index contributed by atoms with van der Waals surface area (Å²) in [6.45, 7) is 2.55. The number of hydrogen-bond acceptors (Lipinski definition) is 3. The maximum atomic E-state index is 10.9. The minimum atomic E-state index is 0.159. The largest absolute Gasteiger partial charge is 0.377 e. The van der Waals surface area contributed by atoms with E-state index >= 15 is 0 Å². The number of carbonyl (C=O) groups is 1. The standard InChI is InChI=1S/C10H18N2O2/c13-10-5-8(6-12-10)11-7-9-3-1-2-4-14-9/h8-9,11H,1-7H2,(H,12,13). The van der Waals surface area contributed by atoms with Gasteiger partial charge in [-0.15, -0.1) is 0 Å². The van der Waals surface area contributed by atoms with Crippen molar-refractivity contribution in [1.29, 1.82) is 0 Å². The van der Waals surface area contributed by atoms with Gasteiger partial charge in [-0.2, -0.15) is 0 Å². The molecule has 0 spiro atoms. The second kappa shape index (κ2) is 4.75. The van der Waals surface area contributed by atoms with E-state index in [1.807, 2.05) is 0 Å². The molecule has 2 heterocycles. The van der Waals surface area contributed by atoms with E-state index in [0.29, 0.717) is 18.6 Å². The van der Waals surface area contributed by atoms with Crippen LogP contribution in [-0.2, 0) is 9.53 Å². The molecule has 0 radical (unpaired) electrons. The lowest BCUT2D eigenvalue weighted by atomic mass is 10.1. The predicted octanol–water partition coefficient (Wildman–Crippen LogP) is 0.0336. The van der Waals surface area contributed by atoms with Crippen molar-refractivity contribution >= 4 is 5.91 Å². The van der Waals surface area contributed by atoms with E-state index in [-0.39, 0.29) is 5.91 Å². The van der Waals surface area contributed by atoms with Gasteiger partial charge in [0.1, 0.15) is 0 Å². The topological polar surface area (TPSA) is 50.4 Å². The van der Waals surface area contributed by atoms with Gasteiger partial charge in [0.15, 0.2) is 0 Å². The van der Waals surface area contributed by atoms with Crippen molar-refractivity contribution in [2.75, 3.05) is 19.7 Å². The first kappa shape index (κ1) is 9.93. The van der Waals surface area contributed by atoms with Crippen LogP contribution in [0.5, 0.6) is 0 Å². The minimum absolute atomic E-state index is 0.159. The maximum Gasteiger partial charge on any atom is 0.221 e. The average Bonchev–Trinajstić information content (AvgIpc) is 2.63. The van der Waals surface area contributed by atoms with E-state index in [2.05, 4.69) is 10.6 Å². The number of amides is 1. The summed E-state index contributed by atoms with van der Waals surface area (Å²) in [6, 6.07) is 0.313. The Morgan fingerprint density at radius 2 is 2.43 bits per heavy atom. The minimum Gasteiger partial charge on any atom is -0.377 e. The van der Waals surface area contributed by atoms with Crippen LogP contribution in [0, 0.1) is 0 Å². The fourth-order valence-corrected chi connectivity index (χ4v) is 2.02. The molecule has 2 unspecified atom stereocenters. The van der Waals surface area contributed by atoms with Crippen molar-refractivity contribution in [2.24, 2.45) is 0 Å². The Hall–Kier alpha value is -0.610. The molecule has 2 aliphatic heterocycles. The Morgan fingerprint density at radius 3 is 3.07 bits per heavy atom. The fraction of sp³-hybridized carbons (Fsp3) is 0.900. The van der Waals surface area contributed by atoms with Crippen LogP contribution in [-0.4, -0.2) is 37.7 Å². The lowest BCUT2D eigenvalue weighted by Crippen LogP contribution is -2.39. The first-order chi connectivity index (χ1) is 6.84. The molecule has 2 N–H and O–H groups in total. The van der Waals surface area contributed by atoms with Gasteiger partial charge in [0.05, 0.1) is 6.10 Å². The van der Waals surface area contributed by atoms with Gasteiger partial charge in [0, 0.05) is 32.2 Å². The van der Waals surface area contributed by atoms with Gasteiger partial charge in [-0.25, -0.2) is 0 Å². The molecular weight excluding hydrogens is 180 g/mol. The Labute approximate surface area is 84.4 Å². The third-order valence-electron chi connectivity index (χ3n) is 2.89. The van der Waals surface area contributed by atoms with Crippen LogP contribution in [0.4, 0.5) is 0 Å². The van der Waals surface area contributed by atoms with Crippen molar-refractivity contribution in [3.8, 4) is 0 Å². The molecule has 2 aliphatic rings. The van der Waals surface area contributed by atoms with Crippen LogP contribution < -0.4 is 10.6 Å². The summed E-state index contributed by atoms with van der Waals surface area (Å²) >= 11 is 0. The highest BCUT2D eigenvalue weighted by atomic mass is 16.5. The average molecular weight is 198 g/mol. The normalized spacial score (nSPS) is 33.0. The number of ether oxygens (including phenoxy) is 1. The Kier molecular flexibility index (Phi) is 3.37. The Bertz CT molecular complexity index is 202. The lowest BCUT2D eigenvalue weighted by molar-refractivity contribution is -0.119.